The van der Waals surface area contributed by atoms with Crippen LogP contribution in [0.5, 0.6) is 0 Å². The molecule has 1 aromatic heterocycles. The first kappa shape index (κ1) is 13.7. The Bertz CT molecular complexity index is 542. The van der Waals surface area contributed by atoms with Gasteiger partial charge in [0.25, 0.3) is 0 Å². The van der Waals surface area contributed by atoms with Crippen LogP contribution < -0.4 is 5.32 Å². The molecular weight excluding hydrogens is 260 g/mol. The van der Waals surface area contributed by atoms with Gasteiger partial charge in [-0.1, -0.05) is 20.8 Å². The molecule has 0 aromatic carbocycles. The molecule has 2 aliphatic carbocycles. The van der Waals surface area contributed by atoms with E-state index in [1.807, 2.05) is 0 Å². The van der Waals surface area contributed by atoms with Crippen LogP contribution in [0.3, 0.4) is 0 Å². The highest BCUT2D eigenvalue weighted by molar-refractivity contribution is 5.12. The van der Waals surface area contributed by atoms with Crippen LogP contribution in [-0.2, 0) is 19.5 Å². The third kappa shape index (κ3) is 1.98. The molecule has 3 atom stereocenters. The van der Waals surface area contributed by atoms with Crippen molar-refractivity contribution < 1.29 is 0 Å². The molecule has 2 heterocycles. The Labute approximate surface area is 127 Å². The van der Waals surface area contributed by atoms with Crippen molar-refractivity contribution >= 4 is 0 Å². The molecule has 2 bridgehead atoms. The highest BCUT2D eigenvalue weighted by Gasteiger charge is 2.58. The molecule has 116 valence electrons. The predicted molar refractivity (Wildman–Crippen MR) is 82.8 cm³/mol. The van der Waals surface area contributed by atoms with Gasteiger partial charge in [-0.2, -0.15) is 0 Å². The van der Waals surface area contributed by atoms with Crippen LogP contribution in [0.2, 0.25) is 0 Å². The van der Waals surface area contributed by atoms with Gasteiger partial charge in [-0.25, -0.2) is 0 Å². The van der Waals surface area contributed by atoms with Crippen LogP contribution in [0.25, 0.3) is 0 Å². The number of nitrogens with one attached hydrogen (secondary N) is 1. The molecule has 2 fully saturated rings. The fourth-order valence-electron chi connectivity index (χ4n) is 5.50. The van der Waals surface area contributed by atoms with E-state index >= 15 is 0 Å². The van der Waals surface area contributed by atoms with Gasteiger partial charge in [-0.05, 0) is 48.9 Å². The Kier molecular flexibility index (Phi) is 2.97. The van der Waals surface area contributed by atoms with Crippen molar-refractivity contribution in [3.05, 3.63) is 11.6 Å². The lowest BCUT2D eigenvalue weighted by molar-refractivity contribution is 0.107. The zero-order valence-corrected chi connectivity index (χ0v) is 13.7. The molecule has 0 spiro atoms. The number of hydrogen-bond donors (Lipinski definition) is 1. The maximum atomic E-state index is 4.44. The molecule has 4 nitrogen and oxygen atoms in total. The molecule has 4 heteroatoms. The van der Waals surface area contributed by atoms with Crippen LogP contribution in [-0.4, -0.2) is 20.8 Å². The highest BCUT2D eigenvalue weighted by atomic mass is 15.3. The first-order valence-electron chi connectivity index (χ1n) is 8.65. The van der Waals surface area contributed by atoms with E-state index in [4.69, 9.17) is 0 Å². The lowest BCUT2D eigenvalue weighted by atomic mass is 9.68. The van der Waals surface area contributed by atoms with E-state index in [-0.39, 0.29) is 0 Å². The van der Waals surface area contributed by atoms with Crippen molar-refractivity contribution in [3.63, 3.8) is 0 Å². The summed E-state index contributed by atoms with van der Waals surface area (Å²) in [5, 5.41) is 12.7. The number of aromatic nitrogens is 3. The summed E-state index contributed by atoms with van der Waals surface area (Å²) in [6.45, 7) is 9.38. The average Bonchev–Trinajstić information content (AvgIpc) is 3.08. The molecule has 21 heavy (non-hydrogen) atoms. The van der Waals surface area contributed by atoms with Crippen LogP contribution in [0, 0.1) is 16.7 Å². The molecule has 0 amide bonds. The highest BCUT2D eigenvalue weighted by Crippen LogP contribution is 2.62. The van der Waals surface area contributed by atoms with Crippen LogP contribution in [0.4, 0.5) is 0 Å². The van der Waals surface area contributed by atoms with E-state index in [0.29, 0.717) is 16.9 Å². The fraction of sp³-hybridized carbons (Fsp3) is 0.882. The summed E-state index contributed by atoms with van der Waals surface area (Å²) >= 11 is 0. The second-order valence-electron chi connectivity index (χ2n) is 8.37. The topological polar surface area (TPSA) is 42.7 Å². The third-order valence-electron chi connectivity index (χ3n) is 6.67. The van der Waals surface area contributed by atoms with Gasteiger partial charge in [0, 0.05) is 19.0 Å². The van der Waals surface area contributed by atoms with Crippen molar-refractivity contribution in [3.8, 4) is 0 Å². The minimum Gasteiger partial charge on any atom is -0.314 e. The summed E-state index contributed by atoms with van der Waals surface area (Å²) in [5.41, 5.74) is 0.899. The summed E-state index contributed by atoms with van der Waals surface area (Å²) in [6, 6.07) is 0.611. The quantitative estimate of drug-likeness (QED) is 0.930. The van der Waals surface area contributed by atoms with Gasteiger partial charge >= 0.3 is 0 Å². The second kappa shape index (κ2) is 4.55. The molecule has 0 radical (unpaired) electrons. The van der Waals surface area contributed by atoms with Crippen molar-refractivity contribution in [2.24, 2.45) is 16.7 Å². The Balaban J connectivity index is 1.51. The first-order valence-corrected chi connectivity index (χ1v) is 8.65. The van der Waals surface area contributed by atoms with E-state index in [0.717, 1.165) is 31.3 Å². The van der Waals surface area contributed by atoms with E-state index in [9.17, 15) is 0 Å². The van der Waals surface area contributed by atoms with Crippen LogP contribution in [0.1, 0.15) is 64.5 Å². The first-order chi connectivity index (χ1) is 10.0. The van der Waals surface area contributed by atoms with Crippen molar-refractivity contribution in [2.75, 3.05) is 0 Å². The molecule has 1 N–H and O–H groups in total. The van der Waals surface area contributed by atoms with Gasteiger partial charge in [0.2, 0.25) is 0 Å². The van der Waals surface area contributed by atoms with Crippen LogP contribution in [0.15, 0.2) is 0 Å². The lowest BCUT2D eigenvalue weighted by Crippen LogP contribution is -2.50. The summed E-state index contributed by atoms with van der Waals surface area (Å²) in [5.74, 6) is 3.23. The SMILES string of the molecule is CC12CCC(C1)C(C)(C)C2NCc1nnc2n1CCCC2. The van der Waals surface area contributed by atoms with Crippen molar-refractivity contribution in [1.29, 1.82) is 0 Å². The number of hydrogen-bond acceptors (Lipinski definition) is 3. The van der Waals surface area contributed by atoms with Crippen molar-refractivity contribution in [1.82, 2.24) is 20.1 Å². The van der Waals surface area contributed by atoms with Gasteiger partial charge in [-0.3, -0.25) is 0 Å². The van der Waals surface area contributed by atoms with Gasteiger partial charge in [0.15, 0.2) is 0 Å². The second-order valence-corrected chi connectivity index (χ2v) is 8.37. The Morgan fingerprint density at radius 2 is 2.10 bits per heavy atom. The monoisotopic (exact) mass is 288 g/mol. The Morgan fingerprint density at radius 1 is 1.24 bits per heavy atom. The summed E-state index contributed by atoms with van der Waals surface area (Å²) in [6.07, 6.45) is 7.84. The number of fused-ring (bicyclic) bond motifs is 3. The Morgan fingerprint density at radius 3 is 2.86 bits per heavy atom. The third-order valence-corrected chi connectivity index (χ3v) is 6.67. The fourth-order valence-corrected chi connectivity index (χ4v) is 5.50. The molecule has 3 unspecified atom stereocenters. The molecule has 3 aliphatic rings. The lowest BCUT2D eigenvalue weighted by Gasteiger charge is -2.43. The Hall–Kier alpha value is -0.900. The smallest absolute Gasteiger partial charge is 0.147 e. The van der Waals surface area contributed by atoms with E-state index in [1.165, 1.54) is 37.9 Å². The van der Waals surface area contributed by atoms with Crippen LogP contribution >= 0.6 is 0 Å². The van der Waals surface area contributed by atoms with E-state index in [1.54, 1.807) is 0 Å². The maximum absolute atomic E-state index is 4.44. The molecule has 2 saturated carbocycles. The standard InChI is InChI=1S/C17H28N4/c1-16(2)12-7-8-17(3,10-12)15(16)18-11-14-20-19-13-6-4-5-9-21(13)14/h12,15,18H,4-11H2,1-3H3. The van der Waals surface area contributed by atoms with Gasteiger partial charge in [-0.15, -0.1) is 10.2 Å². The van der Waals surface area contributed by atoms with E-state index in [2.05, 4.69) is 40.9 Å². The maximum Gasteiger partial charge on any atom is 0.147 e. The number of rotatable bonds is 3. The average molecular weight is 288 g/mol. The number of nitrogens with zero attached hydrogens (tertiary/aromatic N) is 3. The summed E-state index contributed by atoms with van der Waals surface area (Å²) < 4.78 is 2.35. The minimum absolute atomic E-state index is 0.414. The molecule has 0 saturated heterocycles. The number of aryl methyl sites for hydroxylation is 1. The molecule has 1 aliphatic heterocycles. The van der Waals surface area contributed by atoms with Crippen molar-refractivity contribution in [2.45, 2.75) is 78.4 Å². The molecule has 4 rings (SSSR count). The van der Waals surface area contributed by atoms with Gasteiger partial charge in [0.1, 0.15) is 11.6 Å². The summed E-state index contributed by atoms with van der Waals surface area (Å²) in [4.78, 5) is 0. The predicted octanol–water partition coefficient (Wildman–Crippen LogP) is 2.92. The van der Waals surface area contributed by atoms with Gasteiger partial charge < -0.3 is 9.88 Å². The zero-order valence-electron chi connectivity index (χ0n) is 13.7. The molecular formula is C17H28N4. The molecule has 1 aromatic rings. The zero-order chi connectivity index (χ0) is 14.7. The van der Waals surface area contributed by atoms with E-state index < -0.39 is 0 Å². The minimum atomic E-state index is 0.414. The summed E-state index contributed by atoms with van der Waals surface area (Å²) in [7, 11) is 0. The normalized spacial score (nSPS) is 36.9. The largest absolute Gasteiger partial charge is 0.314 e. The van der Waals surface area contributed by atoms with Gasteiger partial charge in [0.05, 0.1) is 6.54 Å².